The van der Waals surface area contributed by atoms with Crippen LogP contribution in [0.2, 0.25) is 0 Å². The Bertz CT molecular complexity index is 639. The van der Waals surface area contributed by atoms with Crippen LogP contribution in [0, 0.1) is 12.8 Å². The van der Waals surface area contributed by atoms with E-state index < -0.39 is 0 Å². The van der Waals surface area contributed by atoms with Gasteiger partial charge in [0.05, 0.1) is 23.1 Å². The van der Waals surface area contributed by atoms with Crippen molar-refractivity contribution in [3.63, 3.8) is 0 Å². The van der Waals surface area contributed by atoms with E-state index in [9.17, 15) is 4.79 Å². The molecular formula is C17H21N3O. The Labute approximate surface area is 125 Å². The molecule has 3 rings (SSSR count). The summed E-state index contributed by atoms with van der Waals surface area (Å²) in [5, 5.41) is 7.42. The van der Waals surface area contributed by atoms with Crippen LogP contribution in [0.3, 0.4) is 0 Å². The molecule has 0 atom stereocenters. The number of benzene rings is 1. The molecule has 1 N–H and O–H groups in total. The number of carbonyl (C=O) groups excluding carboxylic acids is 1. The monoisotopic (exact) mass is 283 g/mol. The van der Waals surface area contributed by atoms with Crippen LogP contribution in [0.25, 0.3) is 5.69 Å². The van der Waals surface area contributed by atoms with Crippen molar-refractivity contribution in [3.8, 4) is 5.69 Å². The van der Waals surface area contributed by atoms with Crippen LogP contribution < -0.4 is 5.32 Å². The van der Waals surface area contributed by atoms with Gasteiger partial charge in [0, 0.05) is 6.54 Å². The van der Waals surface area contributed by atoms with Gasteiger partial charge < -0.3 is 5.32 Å². The van der Waals surface area contributed by atoms with Gasteiger partial charge in [-0.15, -0.1) is 0 Å². The number of amides is 1. The van der Waals surface area contributed by atoms with Crippen molar-refractivity contribution in [2.24, 2.45) is 5.92 Å². The summed E-state index contributed by atoms with van der Waals surface area (Å²) in [5.41, 5.74) is 3.87. The van der Waals surface area contributed by atoms with E-state index in [-0.39, 0.29) is 5.91 Å². The van der Waals surface area contributed by atoms with Crippen molar-refractivity contribution in [2.45, 2.75) is 33.1 Å². The first-order valence-electron chi connectivity index (χ1n) is 7.61. The van der Waals surface area contributed by atoms with Crippen LogP contribution >= 0.6 is 0 Å². The summed E-state index contributed by atoms with van der Waals surface area (Å²) in [6.07, 6.45) is 4.94. The van der Waals surface area contributed by atoms with E-state index in [1.807, 2.05) is 16.8 Å². The largest absolute Gasteiger partial charge is 0.352 e. The lowest BCUT2D eigenvalue weighted by atomic mass is 10.1. The Morgan fingerprint density at radius 1 is 1.33 bits per heavy atom. The molecule has 110 valence electrons. The summed E-state index contributed by atoms with van der Waals surface area (Å²) in [7, 11) is 0. The fourth-order valence-electron chi connectivity index (χ4n) is 2.47. The summed E-state index contributed by atoms with van der Waals surface area (Å²) >= 11 is 0. The molecule has 1 amide bonds. The zero-order valence-corrected chi connectivity index (χ0v) is 12.6. The number of rotatable bonds is 5. The normalized spacial score (nSPS) is 14.2. The summed E-state index contributed by atoms with van der Waals surface area (Å²) in [6, 6.07) is 8.19. The molecule has 0 aliphatic heterocycles. The van der Waals surface area contributed by atoms with E-state index in [2.05, 4.69) is 36.4 Å². The summed E-state index contributed by atoms with van der Waals surface area (Å²) in [6.45, 7) is 4.90. The second kappa shape index (κ2) is 5.72. The number of carbonyl (C=O) groups is 1. The van der Waals surface area contributed by atoms with Gasteiger partial charge in [0.2, 0.25) is 0 Å². The number of nitrogens with one attached hydrogen (secondary N) is 1. The number of nitrogens with zero attached hydrogens (tertiary/aromatic N) is 2. The average molecular weight is 283 g/mol. The molecule has 0 bridgehead atoms. The van der Waals surface area contributed by atoms with Gasteiger partial charge in [-0.2, -0.15) is 5.10 Å². The molecule has 0 unspecified atom stereocenters. The van der Waals surface area contributed by atoms with Gasteiger partial charge in [-0.1, -0.05) is 24.6 Å². The molecule has 1 saturated carbocycles. The molecule has 1 heterocycles. The molecule has 1 aliphatic carbocycles. The minimum atomic E-state index is -0.00267. The van der Waals surface area contributed by atoms with Gasteiger partial charge in [-0.25, -0.2) is 4.68 Å². The van der Waals surface area contributed by atoms with E-state index in [0.29, 0.717) is 11.5 Å². The second-order valence-corrected chi connectivity index (χ2v) is 5.76. The lowest BCUT2D eigenvalue weighted by molar-refractivity contribution is 0.0951. The van der Waals surface area contributed by atoms with E-state index in [1.54, 1.807) is 6.20 Å². The van der Waals surface area contributed by atoms with Gasteiger partial charge in [0.15, 0.2) is 0 Å². The molecule has 2 aromatic rings. The Morgan fingerprint density at radius 3 is 2.67 bits per heavy atom. The SMILES string of the molecule is CCc1c(C(=O)NCC2CC2)cnn1-c1ccc(C)cc1. The zero-order valence-electron chi connectivity index (χ0n) is 12.6. The number of hydrogen-bond donors (Lipinski definition) is 1. The van der Waals surface area contributed by atoms with Crippen molar-refractivity contribution in [3.05, 3.63) is 47.3 Å². The molecule has 1 aliphatic rings. The average Bonchev–Trinajstić information content (AvgIpc) is 3.22. The van der Waals surface area contributed by atoms with Crippen LogP contribution in [-0.2, 0) is 6.42 Å². The Morgan fingerprint density at radius 2 is 2.05 bits per heavy atom. The van der Waals surface area contributed by atoms with Gasteiger partial charge in [-0.05, 0) is 44.2 Å². The molecule has 0 radical (unpaired) electrons. The third-order valence-electron chi connectivity index (χ3n) is 3.98. The first-order valence-corrected chi connectivity index (χ1v) is 7.61. The predicted molar refractivity (Wildman–Crippen MR) is 82.7 cm³/mol. The van der Waals surface area contributed by atoms with Crippen LogP contribution in [0.15, 0.2) is 30.5 Å². The molecule has 4 heteroatoms. The van der Waals surface area contributed by atoms with Gasteiger partial charge in [0.1, 0.15) is 0 Å². The third-order valence-corrected chi connectivity index (χ3v) is 3.98. The Balaban J connectivity index is 1.85. The highest BCUT2D eigenvalue weighted by atomic mass is 16.1. The molecule has 1 aromatic heterocycles. The molecular weight excluding hydrogens is 262 g/mol. The lowest BCUT2D eigenvalue weighted by Crippen LogP contribution is -2.26. The highest BCUT2D eigenvalue weighted by Crippen LogP contribution is 2.27. The fraction of sp³-hybridized carbons (Fsp3) is 0.412. The van der Waals surface area contributed by atoms with Crippen molar-refractivity contribution >= 4 is 5.91 Å². The topological polar surface area (TPSA) is 46.9 Å². The van der Waals surface area contributed by atoms with Crippen LogP contribution in [0.4, 0.5) is 0 Å². The van der Waals surface area contributed by atoms with Crippen LogP contribution in [-0.4, -0.2) is 22.2 Å². The first kappa shape index (κ1) is 13.9. The van der Waals surface area contributed by atoms with Crippen molar-refractivity contribution in [2.75, 3.05) is 6.54 Å². The standard InChI is InChI=1S/C17H21N3O/c1-3-16-15(17(21)18-10-13-6-7-13)11-19-20(16)14-8-4-12(2)5-9-14/h4-5,8-9,11,13H,3,6-7,10H2,1-2H3,(H,18,21). The molecule has 21 heavy (non-hydrogen) atoms. The van der Waals surface area contributed by atoms with Crippen LogP contribution in [0.5, 0.6) is 0 Å². The minimum absolute atomic E-state index is 0.00267. The fourth-order valence-corrected chi connectivity index (χ4v) is 2.47. The maximum atomic E-state index is 12.3. The van der Waals surface area contributed by atoms with Crippen LogP contribution in [0.1, 0.15) is 41.4 Å². The third kappa shape index (κ3) is 2.99. The maximum Gasteiger partial charge on any atom is 0.254 e. The Kier molecular flexibility index (Phi) is 3.78. The van der Waals surface area contributed by atoms with Crippen molar-refractivity contribution < 1.29 is 4.79 Å². The Hall–Kier alpha value is -2.10. The first-order chi connectivity index (χ1) is 10.2. The molecule has 1 fully saturated rings. The highest BCUT2D eigenvalue weighted by molar-refractivity contribution is 5.95. The molecule has 0 saturated heterocycles. The molecule has 4 nitrogen and oxygen atoms in total. The van der Waals surface area contributed by atoms with E-state index >= 15 is 0 Å². The summed E-state index contributed by atoms with van der Waals surface area (Å²) < 4.78 is 1.87. The lowest BCUT2D eigenvalue weighted by Gasteiger charge is -2.08. The van der Waals surface area contributed by atoms with E-state index in [0.717, 1.165) is 24.3 Å². The molecule has 0 spiro atoms. The van der Waals surface area contributed by atoms with Crippen molar-refractivity contribution in [1.29, 1.82) is 0 Å². The van der Waals surface area contributed by atoms with Crippen molar-refractivity contribution in [1.82, 2.24) is 15.1 Å². The second-order valence-electron chi connectivity index (χ2n) is 5.76. The number of aromatic nitrogens is 2. The van der Waals surface area contributed by atoms with Gasteiger partial charge in [0.25, 0.3) is 5.91 Å². The summed E-state index contributed by atoms with van der Waals surface area (Å²) in [4.78, 5) is 12.3. The van der Waals surface area contributed by atoms with Gasteiger partial charge in [-0.3, -0.25) is 4.79 Å². The molecule has 1 aromatic carbocycles. The highest BCUT2D eigenvalue weighted by Gasteiger charge is 2.23. The maximum absolute atomic E-state index is 12.3. The zero-order chi connectivity index (χ0) is 14.8. The minimum Gasteiger partial charge on any atom is -0.352 e. The van der Waals surface area contributed by atoms with E-state index in [4.69, 9.17) is 0 Å². The van der Waals surface area contributed by atoms with E-state index in [1.165, 1.54) is 18.4 Å². The quantitative estimate of drug-likeness (QED) is 0.917. The number of aryl methyl sites for hydroxylation is 1. The predicted octanol–water partition coefficient (Wildman–Crippen LogP) is 2.88. The summed E-state index contributed by atoms with van der Waals surface area (Å²) in [5.74, 6) is 0.684. The smallest absolute Gasteiger partial charge is 0.254 e. The van der Waals surface area contributed by atoms with Gasteiger partial charge >= 0.3 is 0 Å². The number of hydrogen-bond acceptors (Lipinski definition) is 2.